The van der Waals surface area contributed by atoms with E-state index in [9.17, 15) is 4.79 Å². The maximum atomic E-state index is 11.5. The number of pyridine rings is 1. The van der Waals surface area contributed by atoms with Crippen molar-refractivity contribution in [1.82, 2.24) is 9.38 Å². The van der Waals surface area contributed by atoms with E-state index in [0.717, 1.165) is 17.6 Å². The fourth-order valence-electron chi connectivity index (χ4n) is 2.33. The number of nitrogens with zero attached hydrogens (tertiary/aromatic N) is 2. The Hall–Kier alpha value is -2.33. The number of hydrogen-bond acceptors (Lipinski definition) is 3. The lowest BCUT2D eigenvalue weighted by atomic mass is 10.1. The van der Waals surface area contributed by atoms with Crippen molar-refractivity contribution in [3.63, 3.8) is 0 Å². The van der Waals surface area contributed by atoms with Gasteiger partial charge in [0.2, 0.25) is 0 Å². The first kappa shape index (κ1) is 14.6. The number of aromatic nitrogens is 2. The molecule has 2 aromatic heterocycles. The monoisotopic (exact) mass is 314 g/mol. The van der Waals surface area contributed by atoms with Crippen LogP contribution in [0.3, 0.4) is 0 Å². The van der Waals surface area contributed by atoms with Crippen LogP contribution in [0.1, 0.15) is 24.3 Å². The number of benzene rings is 1. The molecule has 0 bridgehead atoms. The number of imidazole rings is 1. The number of rotatable bonds is 4. The molecule has 0 saturated heterocycles. The van der Waals surface area contributed by atoms with E-state index in [4.69, 9.17) is 16.3 Å². The molecular formula is C17H15ClN2O2. The van der Waals surface area contributed by atoms with Crippen LogP contribution in [0.5, 0.6) is 5.75 Å². The Morgan fingerprint density at radius 1 is 1.18 bits per heavy atom. The van der Waals surface area contributed by atoms with Gasteiger partial charge in [0.15, 0.2) is 6.29 Å². The van der Waals surface area contributed by atoms with E-state index in [0.29, 0.717) is 22.1 Å². The van der Waals surface area contributed by atoms with Gasteiger partial charge >= 0.3 is 0 Å². The van der Waals surface area contributed by atoms with Gasteiger partial charge in [0.25, 0.3) is 0 Å². The number of ether oxygens (including phenoxy) is 1. The van der Waals surface area contributed by atoms with Gasteiger partial charge in [-0.2, -0.15) is 0 Å². The normalized spacial score (nSPS) is 11.1. The Balaban J connectivity index is 2.07. The van der Waals surface area contributed by atoms with Crippen LogP contribution in [0.25, 0.3) is 16.9 Å². The lowest BCUT2D eigenvalue weighted by molar-refractivity contribution is 0.111. The zero-order valence-electron chi connectivity index (χ0n) is 12.3. The van der Waals surface area contributed by atoms with Gasteiger partial charge in [0, 0.05) is 11.8 Å². The fourth-order valence-corrected chi connectivity index (χ4v) is 2.49. The van der Waals surface area contributed by atoms with Crippen LogP contribution in [0, 0.1) is 0 Å². The van der Waals surface area contributed by atoms with Crippen LogP contribution in [-0.4, -0.2) is 21.8 Å². The van der Waals surface area contributed by atoms with Gasteiger partial charge in [-0.05, 0) is 50.2 Å². The molecule has 0 aliphatic rings. The summed E-state index contributed by atoms with van der Waals surface area (Å²) >= 11 is 5.99. The average Bonchev–Trinajstić information content (AvgIpc) is 2.85. The fraction of sp³-hybridized carbons (Fsp3) is 0.176. The molecule has 4 nitrogen and oxygen atoms in total. The van der Waals surface area contributed by atoms with Gasteiger partial charge in [-0.25, -0.2) is 4.98 Å². The maximum Gasteiger partial charge on any atom is 0.169 e. The van der Waals surface area contributed by atoms with Gasteiger partial charge in [-0.3, -0.25) is 9.20 Å². The van der Waals surface area contributed by atoms with Gasteiger partial charge in [-0.15, -0.1) is 0 Å². The molecule has 3 aromatic rings. The second kappa shape index (κ2) is 5.81. The van der Waals surface area contributed by atoms with Crippen LogP contribution in [0.2, 0.25) is 5.02 Å². The zero-order valence-corrected chi connectivity index (χ0v) is 13.0. The summed E-state index contributed by atoms with van der Waals surface area (Å²) in [5.41, 5.74) is 2.66. The molecule has 0 N–H and O–H groups in total. The van der Waals surface area contributed by atoms with Crippen molar-refractivity contribution in [1.29, 1.82) is 0 Å². The zero-order chi connectivity index (χ0) is 15.7. The summed E-state index contributed by atoms with van der Waals surface area (Å²) in [5, 5.41) is 0.556. The summed E-state index contributed by atoms with van der Waals surface area (Å²) in [5.74, 6) is 0.790. The highest BCUT2D eigenvalue weighted by molar-refractivity contribution is 6.30. The number of halogens is 1. The summed E-state index contributed by atoms with van der Waals surface area (Å²) in [4.78, 5) is 16.0. The van der Waals surface area contributed by atoms with Crippen molar-refractivity contribution in [2.45, 2.75) is 20.0 Å². The Bertz CT molecular complexity index is 823. The maximum absolute atomic E-state index is 11.5. The molecule has 0 saturated carbocycles. The topological polar surface area (TPSA) is 43.6 Å². The molecule has 22 heavy (non-hydrogen) atoms. The Kier molecular flexibility index (Phi) is 3.86. The predicted molar refractivity (Wildman–Crippen MR) is 86.8 cm³/mol. The average molecular weight is 315 g/mol. The van der Waals surface area contributed by atoms with E-state index >= 15 is 0 Å². The van der Waals surface area contributed by atoms with E-state index in [1.165, 1.54) is 0 Å². The van der Waals surface area contributed by atoms with Crippen LogP contribution in [0.15, 0.2) is 42.6 Å². The number of hydrogen-bond donors (Lipinski definition) is 0. The molecule has 3 rings (SSSR count). The molecule has 0 atom stereocenters. The molecule has 0 fully saturated rings. The summed E-state index contributed by atoms with van der Waals surface area (Å²) in [6, 6.07) is 11.1. The highest BCUT2D eigenvalue weighted by atomic mass is 35.5. The van der Waals surface area contributed by atoms with E-state index in [-0.39, 0.29) is 6.10 Å². The van der Waals surface area contributed by atoms with Crippen LogP contribution >= 0.6 is 11.6 Å². The van der Waals surface area contributed by atoms with Gasteiger partial charge in [0.1, 0.15) is 22.8 Å². The van der Waals surface area contributed by atoms with Crippen LogP contribution in [0.4, 0.5) is 0 Å². The smallest absolute Gasteiger partial charge is 0.169 e. The lowest BCUT2D eigenvalue weighted by Crippen LogP contribution is -2.05. The number of fused-ring (bicyclic) bond motifs is 1. The molecule has 0 radical (unpaired) electrons. The van der Waals surface area contributed by atoms with Gasteiger partial charge in [-0.1, -0.05) is 11.6 Å². The third-order valence-electron chi connectivity index (χ3n) is 3.23. The number of carbonyl (C=O) groups is 1. The predicted octanol–water partition coefficient (Wildman–Crippen LogP) is 4.25. The van der Waals surface area contributed by atoms with Crippen molar-refractivity contribution < 1.29 is 9.53 Å². The molecule has 0 aliphatic heterocycles. The van der Waals surface area contributed by atoms with Crippen molar-refractivity contribution in [3.8, 4) is 17.0 Å². The highest BCUT2D eigenvalue weighted by Crippen LogP contribution is 2.26. The molecular weight excluding hydrogens is 300 g/mol. The lowest BCUT2D eigenvalue weighted by Gasteiger charge is -2.09. The van der Waals surface area contributed by atoms with Crippen molar-refractivity contribution in [2.75, 3.05) is 0 Å². The van der Waals surface area contributed by atoms with Gasteiger partial charge in [0.05, 0.1) is 11.1 Å². The Labute approximate surface area is 133 Å². The largest absolute Gasteiger partial charge is 0.491 e. The molecule has 0 spiro atoms. The van der Waals surface area contributed by atoms with Gasteiger partial charge < -0.3 is 4.74 Å². The minimum absolute atomic E-state index is 0.119. The van der Waals surface area contributed by atoms with Crippen LogP contribution < -0.4 is 4.74 Å². The van der Waals surface area contributed by atoms with Crippen molar-refractivity contribution >= 4 is 23.5 Å². The molecule has 5 heteroatoms. The SMILES string of the molecule is CC(C)Oc1ccc(-c2nc3ccc(Cl)cn3c2C=O)cc1. The van der Waals surface area contributed by atoms with E-state index in [1.54, 1.807) is 22.7 Å². The third kappa shape index (κ3) is 2.70. The summed E-state index contributed by atoms with van der Waals surface area (Å²) < 4.78 is 7.32. The molecule has 2 heterocycles. The molecule has 112 valence electrons. The van der Waals surface area contributed by atoms with E-state index in [1.807, 2.05) is 38.1 Å². The molecule has 0 unspecified atom stereocenters. The van der Waals surface area contributed by atoms with Crippen LogP contribution in [-0.2, 0) is 0 Å². The number of carbonyl (C=O) groups excluding carboxylic acids is 1. The summed E-state index contributed by atoms with van der Waals surface area (Å²) in [7, 11) is 0. The summed E-state index contributed by atoms with van der Waals surface area (Å²) in [6.07, 6.45) is 2.60. The molecule has 0 aliphatic carbocycles. The Morgan fingerprint density at radius 3 is 2.55 bits per heavy atom. The Morgan fingerprint density at radius 2 is 1.91 bits per heavy atom. The van der Waals surface area contributed by atoms with Crippen molar-refractivity contribution in [3.05, 3.63) is 53.3 Å². The third-order valence-corrected chi connectivity index (χ3v) is 3.45. The molecule has 0 amide bonds. The first-order chi connectivity index (χ1) is 10.6. The quantitative estimate of drug-likeness (QED) is 0.676. The second-order valence-corrected chi connectivity index (χ2v) is 5.67. The summed E-state index contributed by atoms with van der Waals surface area (Å²) in [6.45, 7) is 3.95. The first-order valence-corrected chi connectivity index (χ1v) is 7.36. The van der Waals surface area contributed by atoms with Crippen molar-refractivity contribution in [2.24, 2.45) is 0 Å². The minimum atomic E-state index is 0.119. The minimum Gasteiger partial charge on any atom is -0.491 e. The highest BCUT2D eigenvalue weighted by Gasteiger charge is 2.13. The van der Waals surface area contributed by atoms with E-state index in [2.05, 4.69) is 4.98 Å². The van der Waals surface area contributed by atoms with E-state index < -0.39 is 0 Å². The number of aldehydes is 1. The first-order valence-electron chi connectivity index (χ1n) is 6.98. The standard InChI is InChI=1S/C17H15ClN2O2/c1-11(2)22-14-6-3-12(4-7-14)17-15(10-21)20-9-13(18)5-8-16(20)19-17/h3-11H,1-2H3. The molecule has 1 aromatic carbocycles. The second-order valence-electron chi connectivity index (χ2n) is 5.23.